The van der Waals surface area contributed by atoms with E-state index >= 15 is 0 Å². The molecule has 0 aromatic heterocycles. The van der Waals surface area contributed by atoms with Crippen molar-refractivity contribution in [1.82, 2.24) is 5.32 Å². The largest absolute Gasteiger partial charge is 0.497 e. The quantitative estimate of drug-likeness (QED) is 0.755. The van der Waals surface area contributed by atoms with Crippen LogP contribution in [0.4, 0.5) is 11.4 Å². The van der Waals surface area contributed by atoms with Gasteiger partial charge in [-0.25, -0.2) is 0 Å². The highest BCUT2D eigenvalue weighted by atomic mass is 16.5. The van der Waals surface area contributed by atoms with Gasteiger partial charge in [-0.05, 0) is 67.6 Å². The number of nitrogens with zero attached hydrogens (tertiary/aromatic N) is 1. The summed E-state index contributed by atoms with van der Waals surface area (Å²) in [7, 11) is 1.62. The molecule has 2 amide bonds. The second-order valence-corrected chi connectivity index (χ2v) is 6.91. The monoisotopic (exact) mass is 381 g/mol. The van der Waals surface area contributed by atoms with Crippen LogP contribution in [-0.2, 0) is 16.0 Å². The molecule has 0 radical (unpaired) electrons. The lowest BCUT2D eigenvalue weighted by Gasteiger charge is -2.28. The minimum Gasteiger partial charge on any atom is -0.497 e. The first-order valence-electron chi connectivity index (χ1n) is 9.73. The van der Waals surface area contributed by atoms with E-state index in [1.807, 2.05) is 48.5 Å². The van der Waals surface area contributed by atoms with Crippen LogP contribution >= 0.6 is 0 Å². The molecule has 6 heteroatoms. The van der Waals surface area contributed by atoms with E-state index in [2.05, 4.69) is 15.5 Å². The van der Waals surface area contributed by atoms with Gasteiger partial charge in [0.05, 0.1) is 7.11 Å². The van der Waals surface area contributed by atoms with Gasteiger partial charge >= 0.3 is 11.8 Å². The van der Waals surface area contributed by atoms with Crippen molar-refractivity contribution < 1.29 is 14.3 Å². The molecular weight excluding hydrogens is 354 g/mol. The number of carbonyl (C=O) groups excluding carboxylic acids is 2. The molecule has 148 valence electrons. The highest BCUT2D eigenvalue weighted by molar-refractivity contribution is 6.39. The van der Waals surface area contributed by atoms with Crippen molar-refractivity contribution in [3.63, 3.8) is 0 Å². The third-order valence-corrected chi connectivity index (χ3v) is 4.89. The van der Waals surface area contributed by atoms with E-state index in [4.69, 9.17) is 4.74 Å². The summed E-state index contributed by atoms with van der Waals surface area (Å²) in [5.41, 5.74) is 2.81. The van der Waals surface area contributed by atoms with Crippen molar-refractivity contribution in [2.45, 2.75) is 25.7 Å². The van der Waals surface area contributed by atoms with E-state index in [0.29, 0.717) is 18.7 Å². The second-order valence-electron chi connectivity index (χ2n) is 6.91. The summed E-state index contributed by atoms with van der Waals surface area (Å²) in [5.74, 6) is -0.520. The van der Waals surface area contributed by atoms with Gasteiger partial charge in [-0.1, -0.05) is 12.1 Å². The standard InChI is InChI=1S/C22H27N3O3/c1-28-20-7-5-6-17(16-20)12-13-23-21(26)22(27)24-18-8-10-19(11-9-18)25-14-3-2-4-15-25/h5-11,16H,2-4,12-15H2,1H3,(H,23,26)(H,24,27). The Morgan fingerprint density at radius 2 is 1.75 bits per heavy atom. The van der Waals surface area contributed by atoms with E-state index in [1.165, 1.54) is 19.3 Å². The molecule has 0 aliphatic carbocycles. The molecule has 1 saturated heterocycles. The normalized spacial score (nSPS) is 13.7. The van der Waals surface area contributed by atoms with E-state index in [9.17, 15) is 9.59 Å². The van der Waals surface area contributed by atoms with Crippen LogP contribution in [0.1, 0.15) is 24.8 Å². The first kappa shape index (κ1) is 19.7. The van der Waals surface area contributed by atoms with Gasteiger partial charge in [0.1, 0.15) is 5.75 Å². The number of carbonyl (C=O) groups is 2. The third-order valence-electron chi connectivity index (χ3n) is 4.89. The molecule has 2 aromatic rings. The molecule has 0 bridgehead atoms. The summed E-state index contributed by atoms with van der Waals surface area (Å²) in [4.78, 5) is 26.5. The molecule has 1 heterocycles. The first-order valence-corrected chi connectivity index (χ1v) is 9.73. The predicted octanol–water partition coefficient (Wildman–Crippen LogP) is 2.98. The predicted molar refractivity (Wildman–Crippen MR) is 111 cm³/mol. The van der Waals surface area contributed by atoms with Gasteiger partial charge in [-0.2, -0.15) is 0 Å². The van der Waals surface area contributed by atoms with Crippen molar-refractivity contribution in [3.05, 3.63) is 54.1 Å². The molecule has 0 unspecified atom stereocenters. The SMILES string of the molecule is COc1cccc(CCNC(=O)C(=O)Nc2ccc(N3CCCCC3)cc2)c1. The van der Waals surface area contributed by atoms with Gasteiger partial charge in [0, 0.05) is 31.0 Å². The van der Waals surface area contributed by atoms with E-state index in [-0.39, 0.29) is 0 Å². The number of benzene rings is 2. The number of anilines is 2. The number of methoxy groups -OCH3 is 1. The summed E-state index contributed by atoms with van der Waals surface area (Å²) in [6.45, 7) is 2.52. The average Bonchev–Trinajstić information content (AvgIpc) is 2.75. The maximum atomic E-state index is 12.1. The lowest BCUT2D eigenvalue weighted by Crippen LogP contribution is -2.36. The number of ether oxygens (including phenoxy) is 1. The Morgan fingerprint density at radius 1 is 1.00 bits per heavy atom. The Bertz CT molecular complexity index is 799. The van der Waals surface area contributed by atoms with Crippen LogP contribution in [0.25, 0.3) is 0 Å². The number of piperidine rings is 1. The van der Waals surface area contributed by atoms with Crippen molar-refractivity contribution >= 4 is 23.2 Å². The molecule has 2 aromatic carbocycles. The number of amides is 2. The maximum absolute atomic E-state index is 12.1. The van der Waals surface area contributed by atoms with Gasteiger partial charge < -0.3 is 20.3 Å². The molecule has 0 atom stereocenters. The third kappa shape index (κ3) is 5.49. The molecular formula is C22H27N3O3. The van der Waals surface area contributed by atoms with Crippen LogP contribution in [0.2, 0.25) is 0 Å². The molecule has 1 fully saturated rings. The number of hydrogen-bond donors (Lipinski definition) is 2. The van der Waals surface area contributed by atoms with Gasteiger partial charge in [0.2, 0.25) is 0 Å². The summed E-state index contributed by atoms with van der Waals surface area (Å²) in [5, 5.41) is 5.30. The Labute approximate surface area is 165 Å². The Kier molecular flexibility index (Phi) is 6.89. The zero-order chi connectivity index (χ0) is 19.8. The molecule has 1 aliphatic rings. The van der Waals surface area contributed by atoms with Gasteiger partial charge in [0.25, 0.3) is 0 Å². The Balaban J connectivity index is 1.45. The highest BCUT2D eigenvalue weighted by Crippen LogP contribution is 2.21. The zero-order valence-electron chi connectivity index (χ0n) is 16.2. The lowest BCUT2D eigenvalue weighted by atomic mass is 10.1. The summed E-state index contributed by atoms with van der Waals surface area (Å²) in [6, 6.07) is 15.3. The van der Waals surface area contributed by atoms with E-state index < -0.39 is 11.8 Å². The number of hydrogen-bond acceptors (Lipinski definition) is 4. The van der Waals surface area contributed by atoms with Crippen molar-refractivity contribution in [1.29, 1.82) is 0 Å². The number of nitrogens with one attached hydrogen (secondary N) is 2. The number of rotatable bonds is 6. The van der Waals surface area contributed by atoms with Crippen LogP contribution in [0.15, 0.2) is 48.5 Å². The topological polar surface area (TPSA) is 70.7 Å². The molecule has 3 rings (SSSR count). The zero-order valence-corrected chi connectivity index (χ0v) is 16.2. The fraction of sp³-hybridized carbons (Fsp3) is 0.364. The fourth-order valence-electron chi connectivity index (χ4n) is 3.32. The first-order chi connectivity index (χ1) is 13.7. The fourth-order valence-corrected chi connectivity index (χ4v) is 3.32. The molecule has 1 aliphatic heterocycles. The van der Waals surface area contributed by atoms with Crippen LogP contribution in [0, 0.1) is 0 Å². The summed E-state index contributed by atoms with van der Waals surface area (Å²) >= 11 is 0. The van der Waals surface area contributed by atoms with Crippen molar-refractivity contribution in [2.24, 2.45) is 0 Å². The molecule has 0 saturated carbocycles. The maximum Gasteiger partial charge on any atom is 0.313 e. The Morgan fingerprint density at radius 3 is 2.46 bits per heavy atom. The molecule has 2 N–H and O–H groups in total. The summed E-state index contributed by atoms with van der Waals surface area (Å²) in [6.07, 6.45) is 4.35. The second kappa shape index (κ2) is 9.78. The highest BCUT2D eigenvalue weighted by Gasteiger charge is 2.14. The van der Waals surface area contributed by atoms with Crippen molar-refractivity contribution in [3.8, 4) is 5.75 Å². The lowest BCUT2D eigenvalue weighted by molar-refractivity contribution is -0.136. The van der Waals surface area contributed by atoms with Gasteiger partial charge in [-0.3, -0.25) is 9.59 Å². The molecule has 28 heavy (non-hydrogen) atoms. The van der Waals surface area contributed by atoms with E-state index in [0.717, 1.165) is 30.1 Å². The summed E-state index contributed by atoms with van der Waals surface area (Å²) < 4.78 is 5.18. The minimum absolute atomic E-state index is 0.382. The van der Waals surface area contributed by atoms with Crippen LogP contribution in [0.3, 0.4) is 0 Å². The minimum atomic E-state index is -0.656. The van der Waals surface area contributed by atoms with Crippen LogP contribution in [-0.4, -0.2) is 38.6 Å². The average molecular weight is 381 g/mol. The Hall–Kier alpha value is -3.02. The van der Waals surface area contributed by atoms with Gasteiger partial charge in [0.15, 0.2) is 0 Å². The molecule has 6 nitrogen and oxygen atoms in total. The van der Waals surface area contributed by atoms with Crippen molar-refractivity contribution in [2.75, 3.05) is 37.0 Å². The van der Waals surface area contributed by atoms with E-state index in [1.54, 1.807) is 7.11 Å². The van der Waals surface area contributed by atoms with Crippen LogP contribution in [0.5, 0.6) is 5.75 Å². The molecule has 0 spiro atoms. The van der Waals surface area contributed by atoms with Gasteiger partial charge in [-0.15, -0.1) is 0 Å². The van der Waals surface area contributed by atoms with Crippen LogP contribution < -0.4 is 20.3 Å². The smallest absolute Gasteiger partial charge is 0.313 e.